The SMILES string of the molecule is Nc1ncnc2c1ncn2C1OC(COC[PH]=O)C(F)C1O. The summed E-state index contributed by atoms with van der Waals surface area (Å²) >= 11 is 0. The van der Waals surface area contributed by atoms with Crippen molar-refractivity contribution in [2.24, 2.45) is 0 Å². The fourth-order valence-electron chi connectivity index (χ4n) is 2.35. The molecule has 3 heterocycles. The average Bonchev–Trinajstić information content (AvgIpc) is 3.05. The van der Waals surface area contributed by atoms with Gasteiger partial charge in [0.1, 0.15) is 30.4 Å². The standard InChI is InChI=1S/C11H14FN5O4P/c12-6-5(1-20-4-22-19)21-11(8(6)18)17-3-16-7-9(13)14-2-15-10(7)17/h2-3,5-6,8,11,18,22H,1,4H2,(H2,13,14,15). The molecule has 5 atom stereocenters. The molecule has 0 spiro atoms. The first-order chi connectivity index (χ1) is 10.6. The number of nitrogens with zero attached hydrogens (tertiary/aromatic N) is 4. The molecular formula is C11H14FN5O4P. The Balaban J connectivity index is 1.84. The Labute approximate surface area is 125 Å². The number of aliphatic hydroxyl groups excluding tert-OH is 1. The molecule has 9 nitrogen and oxygen atoms in total. The lowest BCUT2D eigenvalue weighted by atomic mass is 10.1. The van der Waals surface area contributed by atoms with Crippen LogP contribution in [0, 0.1) is 0 Å². The number of halogens is 1. The van der Waals surface area contributed by atoms with E-state index in [-0.39, 0.29) is 18.8 Å². The van der Waals surface area contributed by atoms with Crippen LogP contribution in [0.3, 0.4) is 0 Å². The van der Waals surface area contributed by atoms with E-state index in [2.05, 4.69) is 15.0 Å². The van der Waals surface area contributed by atoms with Crippen molar-refractivity contribution in [3.63, 3.8) is 0 Å². The summed E-state index contributed by atoms with van der Waals surface area (Å²) in [7, 11) is -0.635. The zero-order valence-electron chi connectivity index (χ0n) is 11.3. The minimum atomic E-state index is -1.64. The summed E-state index contributed by atoms with van der Waals surface area (Å²) in [6, 6.07) is 0. The van der Waals surface area contributed by atoms with Crippen molar-refractivity contribution in [3.8, 4) is 0 Å². The Hall–Kier alpha value is -1.74. The fraction of sp³-hybridized carbons (Fsp3) is 0.545. The van der Waals surface area contributed by atoms with Gasteiger partial charge in [0.25, 0.3) is 0 Å². The second-order valence-electron chi connectivity index (χ2n) is 4.74. The molecule has 1 saturated heterocycles. The van der Waals surface area contributed by atoms with Crippen molar-refractivity contribution in [2.75, 3.05) is 18.7 Å². The number of alkyl halides is 1. The molecule has 1 aliphatic heterocycles. The van der Waals surface area contributed by atoms with Gasteiger partial charge in [0, 0.05) is 0 Å². The molecule has 1 aliphatic rings. The van der Waals surface area contributed by atoms with Crippen LogP contribution in [0.2, 0.25) is 0 Å². The van der Waals surface area contributed by atoms with Crippen LogP contribution in [-0.4, -0.2) is 56.0 Å². The van der Waals surface area contributed by atoms with Crippen LogP contribution in [0.15, 0.2) is 12.7 Å². The molecule has 22 heavy (non-hydrogen) atoms. The van der Waals surface area contributed by atoms with Crippen molar-refractivity contribution in [2.45, 2.75) is 24.6 Å². The van der Waals surface area contributed by atoms with Crippen LogP contribution < -0.4 is 5.73 Å². The first kappa shape index (κ1) is 15.2. The van der Waals surface area contributed by atoms with Gasteiger partial charge >= 0.3 is 0 Å². The summed E-state index contributed by atoms with van der Waals surface area (Å²) in [5.41, 5.74) is 6.37. The van der Waals surface area contributed by atoms with Gasteiger partial charge in [0.05, 0.1) is 21.4 Å². The highest BCUT2D eigenvalue weighted by Crippen LogP contribution is 2.33. The molecule has 11 heteroatoms. The molecule has 5 unspecified atom stereocenters. The number of nitrogens with two attached hydrogens (primary N) is 1. The highest BCUT2D eigenvalue weighted by Gasteiger charge is 2.45. The van der Waals surface area contributed by atoms with E-state index in [1.165, 1.54) is 17.2 Å². The highest BCUT2D eigenvalue weighted by molar-refractivity contribution is 7.23. The third-order valence-corrected chi connectivity index (χ3v) is 3.71. The van der Waals surface area contributed by atoms with Crippen molar-refractivity contribution < 1.29 is 23.5 Å². The summed E-state index contributed by atoms with van der Waals surface area (Å²) < 4.78 is 36.4. The molecule has 1 fully saturated rings. The predicted octanol–water partition coefficient (Wildman–Crippen LogP) is 0.00300. The van der Waals surface area contributed by atoms with Crippen molar-refractivity contribution in [1.82, 2.24) is 19.5 Å². The van der Waals surface area contributed by atoms with E-state index in [9.17, 15) is 14.1 Å². The third-order valence-electron chi connectivity index (χ3n) is 3.39. The quantitative estimate of drug-likeness (QED) is 0.580. The molecule has 2 aromatic heterocycles. The molecule has 0 aromatic carbocycles. The minimum absolute atomic E-state index is 0.00882. The zero-order valence-corrected chi connectivity index (χ0v) is 12.3. The molecule has 0 saturated carbocycles. The van der Waals surface area contributed by atoms with E-state index in [0.717, 1.165) is 0 Å². The number of hydrogen-bond donors (Lipinski definition) is 2. The molecule has 1 radical (unpaired) electrons. The van der Waals surface area contributed by atoms with Gasteiger partial charge in [-0.15, -0.1) is 0 Å². The van der Waals surface area contributed by atoms with E-state index in [4.69, 9.17) is 15.2 Å². The molecule has 0 bridgehead atoms. The molecule has 3 N–H and O–H groups in total. The molecule has 0 amide bonds. The van der Waals surface area contributed by atoms with E-state index in [1.54, 1.807) is 0 Å². The molecule has 0 aliphatic carbocycles. The van der Waals surface area contributed by atoms with Gasteiger partial charge < -0.3 is 20.3 Å². The van der Waals surface area contributed by atoms with Crippen LogP contribution in [0.25, 0.3) is 11.2 Å². The van der Waals surface area contributed by atoms with Gasteiger partial charge in [0.2, 0.25) is 0 Å². The summed E-state index contributed by atoms with van der Waals surface area (Å²) in [4.78, 5) is 11.9. The van der Waals surface area contributed by atoms with Gasteiger partial charge in [0.15, 0.2) is 23.9 Å². The number of rotatable bonds is 5. The Kier molecular flexibility index (Phi) is 4.25. The van der Waals surface area contributed by atoms with Gasteiger partial charge in [-0.1, -0.05) is 0 Å². The molecule has 2 aromatic rings. The van der Waals surface area contributed by atoms with Gasteiger partial charge in [-0.05, 0) is 0 Å². The lowest BCUT2D eigenvalue weighted by Crippen LogP contribution is -2.30. The maximum Gasteiger partial charge on any atom is 0.167 e. The van der Waals surface area contributed by atoms with Crippen LogP contribution in [0.1, 0.15) is 6.23 Å². The second-order valence-corrected chi connectivity index (χ2v) is 5.32. The Morgan fingerprint density at radius 2 is 2.32 bits per heavy atom. The molecule has 119 valence electrons. The molecular weight excluding hydrogens is 316 g/mol. The van der Waals surface area contributed by atoms with E-state index in [1.807, 2.05) is 0 Å². The lowest BCUT2D eigenvalue weighted by Gasteiger charge is -2.16. The maximum atomic E-state index is 14.1. The maximum absolute atomic E-state index is 14.1. The normalized spacial score (nSPS) is 28.6. The fourth-order valence-corrected chi connectivity index (χ4v) is 2.55. The highest BCUT2D eigenvalue weighted by atomic mass is 31.1. The summed E-state index contributed by atoms with van der Waals surface area (Å²) in [6.07, 6.45) is -2.41. The minimum Gasteiger partial charge on any atom is -0.385 e. The van der Waals surface area contributed by atoms with Crippen molar-refractivity contribution in [1.29, 1.82) is 0 Å². The van der Waals surface area contributed by atoms with Crippen LogP contribution >= 0.6 is 8.46 Å². The Morgan fingerprint density at radius 1 is 1.50 bits per heavy atom. The smallest absolute Gasteiger partial charge is 0.167 e. The number of nitrogen functional groups attached to an aromatic ring is 1. The largest absolute Gasteiger partial charge is 0.385 e. The van der Waals surface area contributed by atoms with E-state index >= 15 is 0 Å². The summed E-state index contributed by atoms with van der Waals surface area (Å²) in [5.74, 6) is 0.185. The number of fused-ring (bicyclic) bond motifs is 1. The van der Waals surface area contributed by atoms with Gasteiger partial charge in [-0.3, -0.25) is 9.13 Å². The van der Waals surface area contributed by atoms with Crippen LogP contribution in [0.5, 0.6) is 0 Å². The van der Waals surface area contributed by atoms with Crippen molar-refractivity contribution >= 4 is 25.4 Å². The zero-order chi connectivity index (χ0) is 15.7. The summed E-state index contributed by atoms with van der Waals surface area (Å²) in [5, 5.41) is 10.0. The number of imidazole rings is 1. The second kappa shape index (κ2) is 6.17. The predicted molar refractivity (Wildman–Crippen MR) is 74.4 cm³/mol. The van der Waals surface area contributed by atoms with E-state index < -0.39 is 33.1 Å². The Morgan fingerprint density at radius 3 is 3.09 bits per heavy atom. The number of aromatic nitrogens is 4. The topological polar surface area (TPSA) is 125 Å². The number of hydrogen-bond acceptors (Lipinski definition) is 8. The lowest BCUT2D eigenvalue weighted by molar-refractivity contribution is -0.0573. The third kappa shape index (κ3) is 2.54. The number of ether oxygens (including phenoxy) is 2. The number of anilines is 1. The first-order valence-electron chi connectivity index (χ1n) is 6.47. The van der Waals surface area contributed by atoms with Crippen molar-refractivity contribution in [3.05, 3.63) is 12.7 Å². The van der Waals surface area contributed by atoms with Gasteiger partial charge in [-0.2, -0.15) is 0 Å². The summed E-state index contributed by atoms with van der Waals surface area (Å²) in [6.45, 7) is -0.103. The van der Waals surface area contributed by atoms with Crippen LogP contribution in [0.4, 0.5) is 10.2 Å². The monoisotopic (exact) mass is 330 g/mol. The average molecular weight is 330 g/mol. The molecule has 3 rings (SSSR count). The first-order valence-corrected chi connectivity index (χ1v) is 7.58. The van der Waals surface area contributed by atoms with Crippen LogP contribution in [-0.2, 0) is 14.0 Å². The Bertz CT molecular complexity index is 686. The van der Waals surface area contributed by atoms with E-state index in [0.29, 0.717) is 11.2 Å². The number of aliphatic hydroxyl groups is 1. The van der Waals surface area contributed by atoms with Gasteiger partial charge in [-0.25, -0.2) is 19.3 Å².